The molecule has 5 aromatic rings. The van der Waals surface area contributed by atoms with Gasteiger partial charge in [-0.25, -0.2) is 8.42 Å². The van der Waals surface area contributed by atoms with Gasteiger partial charge in [-0.15, -0.1) is 0 Å². The second kappa shape index (κ2) is 13.4. The maximum atomic E-state index is 10.7. The van der Waals surface area contributed by atoms with Crippen LogP contribution in [0.5, 0.6) is 0 Å². The first-order valence-corrected chi connectivity index (χ1v) is 15.4. The molecular formula is C32H25F3O3S3. The molecule has 0 fully saturated rings. The normalized spacial score (nSPS) is 11.4. The Hall–Kier alpha value is -3.50. The Balaban J connectivity index is 0.000000426. The van der Waals surface area contributed by atoms with Crippen LogP contribution >= 0.6 is 11.8 Å². The van der Waals surface area contributed by atoms with Gasteiger partial charge in [0.2, 0.25) is 0 Å². The predicted molar refractivity (Wildman–Crippen MR) is 160 cm³/mol. The SMILES string of the molecule is Cc1cc(Sc2ccc(-c3ccccc3)cc2)ccc1[SH+]c1ccc(-c2ccccc2)cc1.O=S(=O)([O-])C(F)(F)F. The fourth-order valence-electron chi connectivity index (χ4n) is 3.80. The lowest BCUT2D eigenvalue weighted by atomic mass is 10.1. The van der Waals surface area contributed by atoms with Gasteiger partial charge in [0.1, 0.15) is 0 Å². The molecule has 0 amide bonds. The first kappa shape index (κ1) is 30.5. The second-order valence-electron chi connectivity index (χ2n) is 8.87. The number of rotatable bonds is 6. The zero-order valence-corrected chi connectivity index (χ0v) is 24.3. The van der Waals surface area contributed by atoms with Crippen LogP contribution in [-0.2, 0) is 21.9 Å². The molecule has 0 spiro atoms. The van der Waals surface area contributed by atoms with Crippen LogP contribution in [0.15, 0.2) is 147 Å². The largest absolute Gasteiger partial charge is 0.741 e. The molecule has 41 heavy (non-hydrogen) atoms. The molecule has 0 unspecified atom stereocenters. The lowest BCUT2D eigenvalue weighted by molar-refractivity contribution is -0.0517. The highest BCUT2D eigenvalue weighted by molar-refractivity contribution is 7.99. The average molecular weight is 611 g/mol. The summed E-state index contributed by atoms with van der Waals surface area (Å²) in [6.45, 7) is 2.21. The molecule has 0 aromatic heterocycles. The summed E-state index contributed by atoms with van der Waals surface area (Å²) in [5, 5.41) is 0. The van der Waals surface area contributed by atoms with Gasteiger partial charge in [0.15, 0.2) is 19.9 Å². The van der Waals surface area contributed by atoms with E-state index in [-0.39, 0.29) is 0 Å². The van der Waals surface area contributed by atoms with E-state index in [1.807, 2.05) is 11.8 Å². The number of hydrogen-bond donors (Lipinski definition) is 0. The molecule has 0 aliphatic heterocycles. The van der Waals surface area contributed by atoms with Gasteiger partial charge in [-0.2, -0.15) is 13.2 Å². The zero-order valence-electron chi connectivity index (χ0n) is 21.7. The maximum absolute atomic E-state index is 10.7. The second-order valence-corrected chi connectivity index (χ2v) is 12.6. The van der Waals surface area contributed by atoms with Gasteiger partial charge in [0.25, 0.3) is 0 Å². The van der Waals surface area contributed by atoms with Gasteiger partial charge in [0.05, 0.1) is 0 Å². The molecule has 210 valence electrons. The Morgan fingerprint density at radius 3 is 1.49 bits per heavy atom. The number of thiol groups is 1. The molecule has 0 N–H and O–H groups in total. The summed E-state index contributed by atoms with van der Waals surface area (Å²) >= 11 is 3.06. The molecule has 9 heteroatoms. The van der Waals surface area contributed by atoms with Crippen LogP contribution in [0.4, 0.5) is 13.2 Å². The molecule has 0 radical (unpaired) electrons. The molecule has 0 heterocycles. The highest BCUT2D eigenvalue weighted by Crippen LogP contribution is 2.32. The lowest BCUT2D eigenvalue weighted by Gasteiger charge is -2.08. The number of hydrogen-bond acceptors (Lipinski definition) is 4. The fourth-order valence-corrected chi connectivity index (χ4v) is 5.68. The molecule has 0 saturated carbocycles. The van der Waals surface area contributed by atoms with Crippen molar-refractivity contribution in [2.75, 3.05) is 0 Å². The van der Waals surface area contributed by atoms with Crippen molar-refractivity contribution in [1.29, 1.82) is 0 Å². The summed E-state index contributed by atoms with van der Waals surface area (Å²) < 4.78 is 58.9. The van der Waals surface area contributed by atoms with Crippen molar-refractivity contribution in [3.05, 3.63) is 133 Å². The van der Waals surface area contributed by atoms with Crippen molar-refractivity contribution in [2.24, 2.45) is 0 Å². The van der Waals surface area contributed by atoms with E-state index in [0.717, 1.165) is 0 Å². The van der Waals surface area contributed by atoms with Crippen molar-refractivity contribution in [3.63, 3.8) is 0 Å². The molecule has 0 aliphatic carbocycles. The van der Waals surface area contributed by atoms with Gasteiger partial charge in [-0.05, 0) is 83.8 Å². The number of halogens is 3. The van der Waals surface area contributed by atoms with Crippen LogP contribution < -0.4 is 0 Å². The van der Waals surface area contributed by atoms with E-state index in [1.165, 1.54) is 59.2 Å². The van der Waals surface area contributed by atoms with Crippen LogP contribution in [0.2, 0.25) is 0 Å². The lowest BCUT2D eigenvalue weighted by Crippen LogP contribution is -2.21. The summed E-state index contributed by atoms with van der Waals surface area (Å²) in [6, 6.07) is 45.6. The van der Waals surface area contributed by atoms with E-state index in [1.54, 1.807) is 0 Å². The summed E-state index contributed by atoms with van der Waals surface area (Å²) in [5.74, 6) is 0. The van der Waals surface area contributed by atoms with Crippen molar-refractivity contribution in [2.45, 2.75) is 32.0 Å². The van der Waals surface area contributed by atoms with Crippen molar-refractivity contribution in [3.8, 4) is 22.3 Å². The Bertz CT molecular complexity index is 1670. The summed E-state index contributed by atoms with van der Waals surface area (Å²) in [7, 11) is -6.09. The number of benzene rings is 5. The quantitative estimate of drug-likeness (QED) is 0.0835. The van der Waals surface area contributed by atoms with Crippen molar-refractivity contribution in [1.82, 2.24) is 0 Å². The van der Waals surface area contributed by atoms with E-state index in [4.69, 9.17) is 13.0 Å². The van der Waals surface area contributed by atoms with Crippen molar-refractivity contribution >= 4 is 33.6 Å². The highest BCUT2D eigenvalue weighted by atomic mass is 32.2. The third-order valence-corrected chi connectivity index (χ3v) is 8.74. The Labute approximate surface area is 246 Å². The van der Waals surface area contributed by atoms with Crippen LogP contribution in [0, 0.1) is 6.92 Å². The molecule has 3 nitrogen and oxygen atoms in total. The number of alkyl halides is 3. The minimum Gasteiger partial charge on any atom is -0.741 e. The minimum atomic E-state index is -6.09. The van der Waals surface area contributed by atoms with Gasteiger partial charge in [0, 0.05) is 27.1 Å². The van der Waals surface area contributed by atoms with Crippen LogP contribution in [-0.4, -0.2) is 18.5 Å². The molecule has 0 saturated heterocycles. The molecule has 5 aromatic carbocycles. The molecule has 0 bridgehead atoms. The Morgan fingerprint density at radius 1 is 0.634 bits per heavy atom. The Morgan fingerprint density at radius 2 is 1.05 bits per heavy atom. The third kappa shape index (κ3) is 8.74. The molecule has 5 rings (SSSR count). The third-order valence-electron chi connectivity index (χ3n) is 5.87. The average Bonchev–Trinajstić information content (AvgIpc) is 2.96. The summed E-state index contributed by atoms with van der Waals surface area (Å²) in [4.78, 5) is 5.20. The Kier molecular flexibility index (Phi) is 9.99. The van der Waals surface area contributed by atoms with Gasteiger partial charge >= 0.3 is 5.51 Å². The minimum absolute atomic E-state index is 1.25. The first-order valence-electron chi connectivity index (χ1n) is 12.3. The standard InChI is InChI=1S/C31H24S2.CHF3O3S/c1-23-22-30(32-28-16-12-26(13-17-28)24-8-4-2-5-9-24)20-21-31(23)33-29-18-14-27(15-19-29)25-10-6-3-7-11-25;2-1(3,4)8(5,6)7/h2-22H,1H3;(H,5,6,7). The van der Waals surface area contributed by atoms with E-state index < -0.39 is 15.6 Å². The first-order chi connectivity index (χ1) is 19.5. The van der Waals surface area contributed by atoms with E-state index in [9.17, 15) is 13.2 Å². The van der Waals surface area contributed by atoms with E-state index in [2.05, 4.69) is 134 Å². The van der Waals surface area contributed by atoms with E-state index >= 15 is 0 Å². The monoisotopic (exact) mass is 610 g/mol. The van der Waals surface area contributed by atoms with Gasteiger partial charge in [-0.1, -0.05) is 84.6 Å². The number of aryl methyl sites for hydroxylation is 1. The topological polar surface area (TPSA) is 57.2 Å². The fraction of sp³-hybridized carbons (Fsp3) is 0.0625. The maximum Gasteiger partial charge on any atom is 0.485 e. The summed E-state index contributed by atoms with van der Waals surface area (Å²) in [5.41, 5.74) is 0.710. The van der Waals surface area contributed by atoms with Crippen LogP contribution in [0.25, 0.3) is 22.3 Å². The van der Waals surface area contributed by atoms with Crippen LogP contribution in [0.3, 0.4) is 0 Å². The van der Waals surface area contributed by atoms with Crippen molar-refractivity contribution < 1.29 is 26.1 Å². The summed E-state index contributed by atoms with van der Waals surface area (Å²) in [6.07, 6.45) is 0. The highest BCUT2D eigenvalue weighted by Gasteiger charge is 2.36. The molecule has 0 atom stereocenters. The molecule has 0 aliphatic rings. The van der Waals surface area contributed by atoms with E-state index in [0.29, 0.717) is 0 Å². The smallest absolute Gasteiger partial charge is 0.485 e. The molecular weight excluding hydrogens is 586 g/mol. The zero-order chi connectivity index (χ0) is 29.5. The van der Waals surface area contributed by atoms with Gasteiger partial charge in [-0.3, -0.25) is 0 Å². The predicted octanol–water partition coefficient (Wildman–Crippen LogP) is 8.76. The van der Waals surface area contributed by atoms with Gasteiger partial charge < -0.3 is 4.55 Å². The van der Waals surface area contributed by atoms with Crippen LogP contribution in [0.1, 0.15) is 5.56 Å².